The molecule has 0 radical (unpaired) electrons. The van der Waals surface area contributed by atoms with Gasteiger partial charge in [0.2, 0.25) is 0 Å². The van der Waals surface area contributed by atoms with Crippen LogP contribution in [-0.2, 0) is 47.4 Å². The van der Waals surface area contributed by atoms with Gasteiger partial charge in [-0.2, -0.15) is 0 Å². The van der Waals surface area contributed by atoms with Gasteiger partial charge in [0.25, 0.3) is 0 Å². The predicted molar refractivity (Wildman–Crippen MR) is 261 cm³/mol. The molecule has 22 nitrogen and oxygen atoms in total. The Morgan fingerprint density at radius 3 is 2.01 bits per heavy atom. The van der Waals surface area contributed by atoms with Crippen LogP contribution in [0.15, 0.2) is 12.2 Å². The Balaban J connectivity index is 0.900. The van der Waals surface area contributed by atoms with E-state index in [1.54, 1.807) is 0 Å². The molecule has 0 aromatic heterocycles. The van der Waals surface area contributed by atoms with Crippen LogP contribution < -0.4 is 0 Å². The van der Waals surface area contributed by atoms with Crippen molar-refractivity contribution in [1.29, 1.82) is 0 Å². The Hall–Kier alpha value is -1.14. The molecule has 12 N–H and O–H groups in total. The molecule has 31 atom stereocenters. The lowest BCUT2D eigenvalue weighted by Crippen LogP contribution is -2.68. The van der Waals surface area contributed by atoms with Crippen molar-refractivity contribution in [3.05, 3.63) is 12.2 Å². The van der Waals surface area contributed by atoms with Gasteiger partial charge in [-0.25, -0.2) is 0 Å². The standard InChI is InChI=1S/C54H88O22/c1-22(2)23(3)16-32-52(9,66)44-25-10-11-30-50(7)14-13-31(49(5,6)29(50)12-15-51(30,8)53(25)20-54(44,76-32)69-21-53)73-48-43(75-46-40(64)37(61)33(57)24(4)70-46)42(36(60)27(17-55)71-48)74-47-41(65)38(62)35(59)28(72-47)19-68-45-39(63)34(58)26(56)18-67-45/h23-48,55-66H,1,10-21H2,2-9H3. The van der Waals surface area contributed by atoms with Crippen molar-refractivity contribution < 1.29 is 109 Å². The van der Waals surface area contributed by atoms with Gasteiger partial charge in [0.15, 0.2) is 30.9 Å². The fraction of sp³-hybridized carbons (Fsp3) is 0.963. The lowest BCUT2D eigenvalue weighted by Gasteiger charge is -2.70. The first-order chi connectivity index (χ1) is 35.6. The van der Waals surface area contributed by atoms with Gasteiger partial charge >= 0.3 is 0 Å². The van der Waals surface area contributed by atoms with E-state index in [2.05, 4.69) is 41.2 Å². The zero-order valence-corrected chi connectivity index (χ0v) is 45.2. The Labute approximate surface area is 444 Å². The third-order valence-corrected chi connectivity index (χ3v) is 21.7. The third kappa shape index (κ3) is 8.96. The summed E-state index contributed by atoms with van der Waals surface area (Å²) >= 11 is 0. The van der Waals surface area contributed by atoms with Crippen molar-refractivity contribution >= 4 is 0 Å². The number of rotatable bonds is 13. The van der Waals surface area contributed by atoms with Crippen molar-refractivity contribution in [2.24, 2.45) is 51.2 Å². The largest absolute Gasteiger partial charge is 0.394 e. The maximum absolute atomic E-state index is 12.5. The van der Waals surface area contributed by atoms with Crippen molar-refractivity contribution in [3.8, 4) is 0 Å². The van der Waals surface area contributed by atoms with E-state index < -0.39 is 153 Å². The van der Waals surface area contributed by atoms with E-state index in [0.29, 0.717) is 25.4 Å². The summed E-state index contributed by atoms with van der Waals surface area (Å²) in [5.41, 5.74) is -1.06. The second-order valence-corrected chi connectivity index (χ2v) is 26.2. The number of allylic oxidation sites excluding steroid dienone is 1. The van der Waals surface area contributed by atoms with E-state index in [4.69, 9.17) is 47.4 Å². The van der Waals surface area contributed by atoms with Gasteiger partial charge in [0.1, 0.15) is 85.5 Å². The molecule has 6 aliphatic heterocycles. The molecule has 6 heterocycles. The molecule has 4 aliphatic carbocycles. The first-order valence-electron chi connectivity index (χ1n) is 27.9. The number of aliphatic hydroxyl groups excluding tert-OH is 11. The van der Waals surface area contributed by atoms with Crippen LogP contribution in [0.25, 0.3) is 0 Å². The summed E-state index contributed by atoms with van der Waals surface area (Å²) in [5.74, 6) is -0.168. The van der Waals surface area contributed by atoms with Crippen molar-refractivity contribution in [1.82, 2.24) is 0 Å². The van der Waals surface area contributed by atoms with E-state index in [9.17, 15) is 61.3 Å². The second kappa shape index (κ2) is 20.6. The van der Waals surface area contributed by atoms with Crippen molar-refractivity contribution in [2.45, 2.75) is 247 Å². The van der Waals surface area contributed by atoms with Crippen LogP contribution in [0.2, 0.25) is 0 Å². The Morgan fingerprint density at radius 1 is 0.684 bits per heavy atom. The highest BCUT2D eigenvalue weighted by Gasteiger charge is 2.83. The molecule has 6 saturated heterocycles. The maximum Gasteiger partial charge on any atom is 0.187 e. The quantitative estimate of drug-likeness (QED) is 0.0783. The smallest absolute Gasteiger partial charge is 0.187 e. The van der Waals surface area contributed by atoms with Gasteiger partial charge in [0, 0.05) is 17.8 Å². The predicted octanol–water partition coefficient (Wildman–Crippen LogP) is -0.935. The van der Waals surface area contributed by atoms with Crippen LogP contribution >= 0.6 is 0 Å². The highest BCUT2D eigenvalue weighted by atomic mass is 16.8. The molecule has 2 spiro atoms. The number of ether oxygens (including phenoxy) is 10. The number of aliphatic hydroxyl groups is 12. The Kier molecular flexibility index (Phi) is 15.8. The summed E-state index contributed by atoms with van der Waals surface area (Å²) in [6.07, 6.45) is -25.5. The van der Waals surface area contributed by atoms with E-state index >= 15 is 0 Å². The van der Waals surface area contributed by atoms with Gasteiger partial charge < -0.3 is 109 Å². The van der Waals surface area contributed by atoms with E-state index in [0.717, 1.165) is 44.1 Å². The molecule has 0 amide bonds. The molecule has 0 aromatic rings. The van der Waals surface area contributed by atoms with Gasteiger partial charge in [-0.05, 0) is 106 Å². The van der Waals surface area contributed by atoms with E-state index in [1.807, 2.05) is 13.8 Å². The average Bonchev–Trinajstić information content (AvgIpc) is 4.13. The lowest BCUT2D eigenvalue weighted by atomic mass is 9.35. The number of hydrogen-bond donors (Lipinski definition) is 12. The molecule has 436 valence electrons. The zero-order valence-electron chi connectivity index (χ0n) is 45.2. The molecule has 31 unspecified atom stereocenters. The first kappa shape index (κ1) is 58.1. The number of fused-ring (bicyclic) bond motifs is 4. The van der Waals surface area contributed by atoms with Gasteiger partial charge in [-0.1, -0.05) is 46.8 Å². The molecular weight excluding hydrogens is 1000 g/mol. The van der Waals surface area contributed by atoms with Gasteiger partial charge in [-0.3, -0.25) is 0 Å². The summed E-state index contributed by atoms with van der Waals surface area (Å²) in [7, 11) is 0. The molecular formula is C54H88O22. The molecule has 0 aromatic carbocycles. The first-order valence-corrected chi connectivity index (χ1v) is 27.9. The van der Waals surface area contributed by atoms with Crippen LogP contribution in [0.5, 0.6) is 0 Å². The second-order valence-electron chi connectivity index (χ2n) is 26.2. The van der Waals surface area contributed by atoms with Gasteiger partial charge in [0.05, 0.1) is 50.3 Å². The molecule has 10 fully saturated rings. The van der Waals surface area contributed by atoms with Crippen LogP contribution in [0, 0.1) is 51.2 Å². The summed E-state index contributed by atoms with van der Waals surface area (Å²) < 4.78 is 62.8. The molecule has 2 bridgehead atoms. The third-order valence-electron chi connectivity index (χ3n) is 21.7. The molecule has 76 heavy (non-hydrogen) atoms. The van der Waals surface area contributed by atoms with E-state index in [1.165, 1.54) is 6.92 Å². The molecule has 4 saturated carbocycles. The lowest BCUT2D eigenvalue weighted by molar-refractivity contribution is -0.399. The minimum atomic E-state index is -1.98. The maximum atomic E-state index is 12.5. The SMILES string of the molecule is C=C(C)C(C)CC1OC23CC4(CO2)C(CCC2C5(C)CCC(OC6OC(CO)C(O)C(OC7OC(COC8OCC(O)C(O)C8O)C(O)C(O)C7O)C6OC6OC(C)C(O)C(O)C6O)C(C)(C)C5CCC24C)C3C1(C)O. The fourth-order valence-corrected chi connectivity index (χ4v) is 17.2. The number of hydrogen-bond acceptors (Lipinski definition) is 22. The molecule has 10 aliphatic rings. The highest BCUT2D eigenvalue weighted by Crippen LogP contribution is 2.81. The average molecular weight is 1090 g/mol. The van der Waals surface area contributed by atoms with E-state index in [-0.39, 0.29) is 52.6 Å². The van der Waals surface area contributed by atoms with Crippen molar-refractivity contribution in [2.75, 3.05) is 26.4 Å². The van der Waals surface area contributed by atoms with Crippen LogP contribution in [0.1, 0.15) is 107 Å². The highest BCUT2D eigenvalue weighted by molar-refractivity contribution is 5.27. The van der Waals surface area contributed by atoms with Crippen molar-refractivity contribution in [3.63, 3.8) is 0 Å². The van der Waals surface area contributed by atoms with Crippen LogP contribution in [0.4, 0.5) is 0 Å². The topological polar surface area (TPSA) is 335 Å². The minimum absolute atomic E-state index is 0.121. The zero-order chi connectivity index (χ0) is 55.1. The Bertz CT molecular complexity index is 2080. The summed E-state index contributed by atoms with van der Waals surface area (Å²) in [5, 5.41) is 132. The van der Waals surface area contributed by atoms with Crippen LogP contribution in [0.3, 0.4) is 0 Å². The summed E-state index contributed by atoms with van der Waals surface area (Å²) in [4.78, 5) is 0. The monoisotopic (exact) mass is 1090 g/mol. The molecule has 10 rings (SSSR count). The Morgan fingerprint density at radius 2 is 1.33 bits per heavy atom. The minimum Gasteiger partial charge on any atom is -0.394 e. The van der Waals surface area contributed by atoms with Gasteiger partial charge in [-0.15, -0.1) is 0 Å². The van der Waals surface area contributed by atoms with Crippen LogP contribution in [-0.4, -0.2) is 228 Å². The molecule has 22 heteroatoms. The normalized spacial score (nSPS) is 57.0. The summed E-state index contributed by atoms with van der Waals surface area (Å²) in [6.45, 7) is 19.8. The fourth-order valence-electron chi connectivity index (χ4n) is 17.2. The summed E-state index contributed by atoms with van der Waals surface area (Å²) in [6, 6.07) is 0.